The molecule has 194 valence electrons. The van der Waals surface area contributed by atoms with Crippen molar-refractivity contribution in [2.45, 2.75) is 32.7 Å². The summed E-state index contributed by atoms with van der Waals surface area (Å²) in [6.45, 7) is 6.76. The zero-order valence-corrected chi connectivity index (χ0v) is 21.9. The standard InChI is InChI=1S/C32H33FN4O/c1-22(2)36-32(38)27-5-3-23(4-6-27)13-18-37-19-14-24(15-20-37)29-21-35-31(26-7-9-28(33)10-8-26)30(29)25-11-16-34-17-12-25/h3-12,14,16-17,21-22,35H,13,15,18-20H2,1-2H3,(H,36,38). The van der Waals surface area contributed by atoms with Crippen molar-refractivity contribution in [3.63, 3.8) is 0 Å². The van der Waals surface area contributed by atoms with Crippen molar-refractivity contribution in [1.82, 2.24) is 20.2 Å². The maximum atomic E-state index is 13.6. The molecule has 5 nitrogen and oxygen atoms in total. The molecule has 0 saturated heterocycles. The zero-order valence-electron chi connectivity index (χ0n) is 21.9. The first kappa shape index (κ1) is 25.6. The van der Waals surface area contributed by atoms with Gasteiger partial charge in [0.15, 0.2) is 0 Å². The minimum atomic E-state index is -0.242. The maximum absolute atomic E-state index is 13.6. The van der Waals surface area contributed by atoms with E-state index in [0.717, 1.165) is 54.9 Å². The Labute approximate surface area is 223 Å². The van der Waals surface area contributed by atoms with Crippen LogP contribution in [0.15, 0.2) is 85.3 Å². The number of rotatable bonds is 8. The SMILES string of the molecule is CC(C)NC(=O)c1ccc(CCN2CC=C(c3c[nH]c(-c4ccc(F)cc4)c3-c3ccncc3)CC2)cc1. The van der Waals surface area contributed by atoms with Crippen LogP contribution in [0.5, 0.6) is 0 Å². The molecule has 0 unspecified atom stereocenters. The van der Waals surface area contributed by atoms with Crippen LogP contribution >= 0.6 is 0 Å². The highest BCUT2D eigenvalue weighted by atomic mass is 19.1. The summed E-state index contributed by atoms with van der Waals surface area (Å²) in [4.78, 5) is 22.3. The van der Waals surface area contributed by atoms with E-state index in [1.165, 1.54) is 28.8 Å². The number of H-pyrrole nitrogens is 1. The number of pyridine rings is 1. The van der Waals surface area contributed by atoms with Crippen LogP contribution in [0, 0.1) is 5.82 Å². The second-order valence-corrected chi connectivity index (χ2v) is 10.1. The van der Waals surface area contributed by atoms with Gasteiger partial charge in [0.05, 0.1) is 5.69 Å². The normalized spacial score (nSPS) is 13.9. The Morgan fingerprint density at radius 3 is 2.42 bits per heavy atom. The maximum Gasteiger partial charge on any atom is 0.251 e. The number of halogens is 1. The third kappa shape index (κ3) is 5.92. The van der Waals surface area contributed by atoms with E-state index in [1.807, 2.05) is 50.2 Å². The highest BCUT2D eigenvalue weighted by Gasteiger charge is 2.20. The topological polar surface area (TPSA) is 61.0 Å². The number of carbonyl (C=O) groups excluding carboxylic acids is 1. The first-order chi connectivity index (χ1) is 18.5. The van der Waals surface area contributed by atoms with Crippen molar-refractivity contribution in [2.75, 3.05) is 19.6 Å². The molecule has 0 aliphatic carbocycles. The lowest BCUT2D eigenvalue weighted by Gasteiger charge is -2.26. The molecule has 0 fully saturated rings. The monoisotopic (exact) mass is 508 g/mol. The van der Waals surface area contributed by atoms with E-state index < -0.39 is 0 Å². The Bertz CT molecular complexity index is 1410. The highest BCUT2D eigenvalue weighted by molar-refractivity contribution is 5.94. The van der Waals surface area contributed by atoms with Gasteiger partial charge in [-0.05, 0) is 97.5 Å². The third-order valence-electron chi connectivity index (χ3n) is 6.97. The van der Waals surface area contributed by atoms with E-state index >= 15 is 0 Å². The second kappa shape index (κ2) is 11.6. The van der Waals surface area contributed by atoms with Gasteiger partial charge in [-0.3, -0.25) is 14.7 Å². The molecule has 38 heavy (non-hydrogen) atoms. The molecule has 1 aliphatic rings. The molecular weight excluding hydrogens is 475 g/mol. The van der Waals surface area contributed by atoms with Crippen LogP contribution in [0.4, 0.5) is 4.39 Å². The van der Waals surface area contributed by atoms with Gasteiger partial charge < -0.3 is 10.3 Å². The molecule has 0 atom stereocenters. The Balaban J connectivity index is 1.28. The summed E-state index contributed by atoms with van der Waals surface area (Å²) >= 11 is 0. The zero-order chi connectivity index (χ0) is 26.5. The highest BCUT2D eigenvalue weighted by Crippen LogP contribution is 2.39. The molecule has 2 aromatic carbocycles. The number of hydrogen-bond acceptors (Lipinski definition) is 3. The summed E-state index contributed by atoms with van der Waals surface area (Å²) < 4.78 is 13.6. The van der Waals surface area contributed by atoms with E-state index in [2.05, 4.69) is 44.6 Å². The Morgan fingerprint density at radius 2 is 1.76 bits per heavy atom. The van der Waals surface area contributed by atoms with E-state index in [-0.39, 0.29) is 17.8 Å². The number of hydrogen-bond donors (Lipinski definition) is 2. The summed E-state index contributed by atoms with van der Waals surface area (Å²) in [5.41, 5.74) is 8.59. The van der Waals surface area contributed by atoms with Gasteiger partial charge in [0.1, 0.15) is 5.82 Å². The molecule has 0 saturated carbocycles. The molecule has 6 heteroatoms. The lowest BCUT2D eigenvalue weighted by molar-refractivity contribution is 0.0943. The largest absolute Gasteiger partial charge is 0.360 e. The average molecular weight is 509 g/mol. The Hall–Kier alpha value is -4.03. The first-order valence-electron chi connectivity index (χ1n) is 13.2. The van der Waals surface area contributed by atoms with E-state index in [4.69, 9.17) is 0 Å². The summed E-state index contributed by atoms with van der Waals surface area (Å²) in [6, 6.07) is 18.7. The molecule has 0 radical (unpaired) electrons. The molecule has 0 bridgehead atoms. The molecule has 2 aromatic heterocycles. The van der Waals surface area contributed by atoms with E-state index in [9.17, 15) is 9.18 Å². The van der Waals surface area contributed by atoms with Gasteiger partial charge in [0, 0.05) is 61.0 Å². The van der Waals surface area contributed by atoms with Crippen LogP contribution in [-0.4, -0.2) is 46.5 Å². The van der Waals surface area contributed by atoms with Gasteiger partial charge in [-0.2, -0.15) is 0 Å². The van der Waals surface area contributed by atoms with Gasteiger partial charge in [-0.25, -0.2) is 4.39 Å². The molecule has 1 aliphatic heterocycles. The van der Waals surface area contributed by atoms with Crippen LogP contribution in [0.25, 0.3) is 28.0 Å². The molecule has 5 rings (SSSR count). The minimum absolute atomic E-state index is 0.0290. The van der Waals surface area contributed by atoms with Crippen LogP contribution in [0.2, 0.25) is 0 Å². The minimum Gasteiger partial charge on any atom is -0.360 e. The quantitative estimate of drug-likeness (QED) is 0.291. The Kier molecular flexibility index (Phi) is 7.80. The third-order valence-corrected chi connectivity index (χ3v) is 6.97. The fourth-order valence-corrected chi connectivity index (χ4v) is 4.95. The predicted molar refractivity (Wildman–Crippen MR) is 151 cm³/mol. The number of amides is 1. The molecule has 1 amide bonds. The van der Waals surface area contributed by atoms with Crippen molar-refractivity contribution in [3.05, 3.63) is 108 Å². The van der Waals surface area contributed by atoms with Gasteiger partial charge in [-0.15, -0.1) is 0 Å². The summed E-state index contributed by atoms with van der Waals surface area (Å²) in [5, 5.41) is 2.93. The number of nitrogens with one attached hydrogen (secondary N) is 2. The van der Waals surface area contributed by atoms with Crippen LogP contribution in [0.3, 0.4) is 0 Å². The van der Waals surface area contributed by atoms with Crippen LogP contribution < -0.4 is 5.32 Å². The molecular formula is C32H33FN4O. The smallest absolute Gasteiger partial charge is 0.251 e. The number of aromatic nitrogens is 2. The summed E-state index contributed by atoms with van der Waals surface area (Å²) in [7, 11) is 0. The Morgan fingerprint density at radius 1 is 1.03 bits per heavy atom. The average Bonchev–Trinajstić information content (AvgIpc) is 3.38. The van der Waals surface area contributed by atoms with Crippen LogP contribution in [0.1, 0.15) is 41.8 Å². The number of nitrogens with zero attached hydrogens (tertiary/aromatic N) is 2. The fourth-order valence-electron chi connectivity index (χ4n) is 4.95. The fraction of sp³-hybridized carbons (Fsp3) is 0.250. The van der Waals surface area contributed by atoms with Gasteiger partial charge in [0.25, 0.3) is 5.91 Å². The van der Waals surface area contributed by atoms with Crippen molar-refractivity contribution in [1.29, 1.82) is 0 Å². The molecule has 4 aromatic rings. The lowest BCUT2D eigenvalue weighted by atomic mass is 9.92. The first-order valence-corrected chi connectivity index (χ1v) is 13.2. The van der Waals surface area contributed by atoms with Crippen molar-refractivity contribution < 1.29 is 9.18 Å². The van der Waals surface area contributed by atoms with Crippen molar-refractivity contribution in [2.24, 2.45) is 0 Å². The number of benzene rings is 2. The molecule has 0 spiro atoms. The summed E-state index contributed by atoms with van der Waals surface area (Å²) in [5.74, 6) is -0.271. The van der Waals surface area contributed by atoms with Gasteiger partial charge in [0.2, 0.25) is 0 Å². The molecule has 3 heterocycles. The van der Waals surface area contributed by atoms with Crippen LogP contribution in [-0.2, 0) is 6.42 Å². The van der Waals surface area contributed by atoms with E-state index in [0.29, 0.717) is 5.56 Å². The lowest BCUT2D eigenvalue weighted by Crippen LogP contribution is -2.30. The van der Waals surface area contributed by atoms with Gasteiger partial charge >= 0.3 is 0 Å². The predicted octanol–water partition coefficient (Wildman–Crippen LogP) is 6.35. The molecule has 2 N–H and O–H groups in total. The van der Waals surface area contributed by atoms with Crippen molar-refractivity contribution in [3.8, 4) is 22.4 Å². The summed E-state index contributed by atoms with van der Waals surface area (Å²) in [6.07, 6.45) is 9.91. The van der Waals surface area contributed by atoms with Gasteiger partial charge in [-0.1, -0.05) is 18.2 Å². The number of carbonyl (C=O) groups is 1. The number of aromatic amines is 1. The van der Waals surface area contributed by atoms with Crippen molar-refractivity contribution >= 4 is 11.5 Å². The van der Waals surface area contributed by atoms with E-state index in [1.54, 1.807) is 12.4 Å². The second-order valence-electron chi connectivity index (χ2n) is 10.1.